The molecular formula is C22H25FN2O4S. The van der Waals surface area contributed by atoms with Gasteiger partial charge in [-0.2, -0.15) is 0 Å². The van der Waals surface area contributed by atoms with Crippen LogP contribution in [0, 0.1) is 21.8 Å². The third kappa shape index (κ3) is 5.58. The predicted octanol–water partition coefficient (Wildman–Crippen LogP) is 5.09. The van der Waals surface area contributed by atoms with E-state index in [9.17, 15) is 19.3 Å². The topological polar surface area (TPSA) is 72.7 Å². The fourth-order valence-corrected chi connectivity index (χ4v) is 4.47. The molecule has 160 valence electrons. The highest BCUT2D eigenvalue weighted by molar-refractivity contribution is 7.99. The Labute approximate surface area is 179 Å². The van der Waals surface area contributed by atoms with Crippen molar-refractivity contribution in [1.29, 1.82) is 0 Å². The van der Waals surface area contributed by atoms with E-state index in [0.29, 0.717) is 30.5 Å². The molecule has 1 atom stereocenters. The number of hydrogen-bond donors (Lipinski definition) is 0. The lowest BCUT2D eigenvalue weighted by Gasteiger charge is -2.33. The number of rotatable bonds is 7. The van der Waals surface area contributed by atoms with Crippen molar-refractivity contribution in [2.24, 2.45) is 5.92 Å². The zero-order valence-electron chi connectivity index (χ0n) is 17.0. The van der Waals surface area contributed by atoms with Gasteiger partial charge in [-0.1, -0.05) is 26.0 Å². The summed E-state index contributed by atoms with van der Waals surface area (Å²) >= 11 is 1.44. The van der Waals surface area contributed by atoms with Crippen molar-refractivity contribution in [3.05, 3.63) is 69.5 Å². The molecule has 0 aromatic heterocycles. The number of amides is 1. The van der Waals surface area contributed by atoms with Crippen molar-refractivity contribution in [1.82, 2.24) is 4.90 Å². The van der Waals surface area contributed by atoms with Crippen LogP contribution in [0.3, 0.4) is 0 Å². The summed E-state index contributed by atoms with van der Waals surface area (Å²) in [7, 11) is 0. The van der Waals surface area contributed by atoms with E-state index < -0.39 is 4.92 Å². The molecular weight excluding hydrogens is 407 g/mol. The Morgan fingerprint density at radius 2 is 2.03 bits per heavy atom. The number of halogens is 1. The van der Waals surface area contributed by atoms with Gasteiger partial charge < -0.3 is 9.64 Å². The first-order chi connectivity index (χ1) is 14.3. The minimum atomic E-state index is -0.435. The summed E-state index contributed by atoms with van der Waals surface area (Å²) in [5.74, 6) is 0.704. The van der Waals surface area contributed by atoms with E-state index in [1.54, 1.807) is 29.2 Å². The van der Waals surface area contributed by atoms with Crippen molar-refractivity contribution >= 4 is 23.4 Å². The number of nitrogens with zero attached hydrogens (tertiary/aromatic N) is 2. The number of hydrogen-bond acceptors (Lipinski definition) is 5. The minimum absolute atomic E-state index is 0.0436. The largest absolute Gasteiger partial charge is 0.370 e. The normalized spacial score (nSPS) is 16.7. The van der Waals surface area contributed by atoms with Gasteiger partial charge in [0.05, 0.1) is 23.0 Å². The van der Waals surface area contributed by atoms with Crippen molar-refractivity contribution in [2.45, 2.75) is 31.3 Å². The van der Waals surface area contributed by atoms with Crippen LogP contribution in [0.15, 0.2) is 47.4 Å². The molecule has 2 aromatic rings. The molecule has 1 fully saturated rings. The summed E-state index contributed by atoms with van der Waals surface area (Å²) in [5, 5.41) is 11.6. The molecule has 1 heterocycles. The van der Waals surface area contributed by atoms with E-state index in [1.807, 2.05) is 0 Å². The molecule has 1 amide bonds. The van der Waals surface area contributed by atoms with E-state index in [0.717, 1.165) is 17.7 Å². The molecule has 0 radical (unpaired) electrons. The fraction of sp³-hybridized carbons (Fsp3) is 0.409. The second-order valence-corrected chi connectivity index (χ2v) is 8.77. The zero-order chi connectivity index (χ0) is 21.7. The summed E-state index contributed by atoms with van der Waals surface area (Å²) < 4.78 is 18.9. The van der Waals surface area contributed by atoms with Crippen molar-refractivity contribution < 1.29 is 18.8 Å². The first-order valence-electron chi connectivity index (χ1n) is 9.92. The predicted molar refractivity (Wildman–Crippen MR) is 114 cm³/mol. The van der Waals surface area contributed by atoms with Gasteiger partial charge in [-0.25, -0.2) is 4.39 Å². The van der Waals surface area contributed by atoms with Gasteiger partial charge in [0.15, 0.2) is 0 Å². The number of benzene rings is 2. The van der Waals surface area contributed by atoms with Crippen LogP contribution in [-0.2, 0) is 4.74 Å². The van der Waals surface area contributed by atoms with Gasteiger partial charge in [-0.15, -0.1) is 11.8 Å². The quantitative estimate of drug-likeness (QED) is 0.346. The molecule has 1 aliphatic rings. The summed E-state index contributed by atoms with van der Waals surface area (Å²) in [6.45, 7) is 5.27. The van der Waals surface area contributed by atoms with Gasteiger partial charge in [-0.05, 0) is 47.9 Å². The maximum absolute atomic E-state index is 13.2. The zero-order valence-corrected chi connectivity index (χ0v) is 17.9. The molecule has 0 spiro atoms. The third-order valence-electron chi connectivity index (χ3n) is 4.95. The maximum Gasteiger partial charge on any atom is 0.283 e. The lowest BCUT2D eigenvalue weighted by atomic mass is 10.1. The fourth-order valence-electron chi connectivity index (χ4n) is 3.22. The molecule has 6 nitrogen and oxygen atoms in total. The summed E-state index contributed by atoms with van der Waals surface area (Å²) in [6, 6.07) is 10.7. The average Bonchev–Trinajstić information content (AvgIpc) is 2.73. The molecule has 2 aromatic carbocycles. The Bertz CT molecular complexity index is 905. The van der Waals surface area contributed by atoms with E-state index in [1.165, 1.54) is 30.0 Å². The Morgan fingerprint density at radius 3 is 2.70 bits per heavy atom. The van der Waals surface area contributed by atoms with E-state index in [4.69, 9.17) is 4.74 Å². The molecule has 0 N–H and O–H groups in total. The molecule has 0 saturated carbocycles. The van der Waals surface area contributed by atoms with Gasteiger partial charge >= 0.3 is 0 Å². The molecule has 30 heavy (non-hydrogen) atoms. The van der Waals surface area contributed by atoms with Crippen LogP contribution in [0.5, 0.6) is 0 Å². The first-order valence-corrected chi connectivity index (χ1v) is 10.9. The molecule has 1 saturated heterocycles. The Balaban J connectivity index is 1.74. The van der Waals surface area contributed by atoms with Crippen LogP contribution in [0.1, 0.15) is 42.3 Å². The Morgan fingerprint density at radius 1 is 1.30 bits per heavy atom. The highest BCUT2D eigenvalue weighted by atomic mass is 32.2. The standard InChI is InChI=1S/C22H25FN2O4S/c1-15(2)9-12-30-21-8-5-17(13-19(21)25(27)28)22(26)24-10-11-29-20(14-24)16-3-6-18(23)7-4-16/h3-8,13,15,20H,9-12,14H2,1-2H3. The number of thioether (sulfide) groups is 1. The van der Waals surface area contributed by atoms with Crippen molar-refractivity contribution in [3.63, 3.8) is 0 Å². The van der Waals surface area contributed by atoms with Crippen molar-refractivity contribution in [3.8, 4) is 0 Å². The molecule has 3 rings (SSSR count). The number of carbonyl (C=O) groups excluding carboxylic acids is 1. The van der Waals surface area contributed by atoms with Gasteiger partial charge in [-0.3, -0.25) is 14.9 Å². The number of carbonyl (C=O) groups is 1. The number of nitro groups is 1. The summed E-state index contributed by atoms with van der Waals surface area (Å²) in [5.41, 5.74) is 1.03. The second-order valence-electron chi connectivity index (χ2n) is 7.63. The van der Waals surface area contributed by atoms with Crippen LogP contribution < -0.4 is 0 Å². The van der Waals surface area contributed by atoms with Crippen LogP contribution in [0.2, 0.25) is 0 Å². The highest BCUT2D eigenvalue weighted by Gasteiger charge is 2.27. The molecule has 1 aliphatic heterocycles. The van der Waals surface area contributed by atoms with Gasteiger partial charge in [0, 0.05) is 18.2 Å². The maximum atomic E-state index is 13.2. The molecule has 0 bridgehead atoms. The molecule has 8 heteroatoms. The molecule has 1 unspecified atom stereocenters. The lowest BCUT2D eigenvalue weighted by Crippen LogP contribution is -2.42. The number of nitro benzene ring substituents is 1. The highest BCUT2D eigenvalue weighted by Crippen LogP contribution is 2.32. The van der Waals surface area contributed by atoms with Crippen LogP contribution in [0.4, 0.5) is 10.1 Å². The second kappa shape index (κ2) is 10.0. The lowest BCUT2D eigenvalue weighted by molar-refractivity contribution is -0.387. The van der Waals surface area contributed by atoms with Gasteiger partial charge in [0.25, 0.3) is 11.6 Å². The Hall–Kier alpha value is -2.45. The number of ether oxygens (including phenoxy) is 1. The van der Waals surface area contributed by atoms with E-state index in [-0.39, 0.29) is 29.1 Å². The monoisotopic (exact) mass is 432 g/mol. The number of morpholine rings is 1. The smallest absolute Gasteiger partial charge is 0.283 e. The first kappa shape index (κ1) is 22.2. The Kier molecular flexibility index (Phi) is 7.44. The summed E-state index contributed by atoms with van der Waals surface area (Å²) in [6.07, 6.45) is 0.602. The van der Waals surface area contributed by atoms with Crippen molar-refractivity contribution in [2.75, 3.05) is 25.4 Å². The van der Waals surface area contributed by atoms with E-state index in [2.05, 4.69) is 13.8 Å². The van der Waals surface area contributed by atoms with E-state index >= 15 is 0 Å². The third-order valence-corrected chi connectivity index (χ3v) is 6.05. The van der Waals surface area contributed by atoms with Gasteiger partial charge in [0.1, 0.15) is 11.9 Å². The SMILES string of the molecule is CC(C)CCSc1ccc(C(=O)N2CCOC(c3ccc(F)cc3)C2)cc1[N+](=O)[O-]. The molecule has 0 aliphatic carbocycles. The average molecular weight is 433 g/mol. The van der Waals surface area contributed by atoms with Crippen LogP contribution in [0.25, 0.3) is 0 Å². The van der Waals surface area contributed by atoms with Crippen LogP contribution >= 0.6 is 11.8 Å². The van der Waals surface area contributed by atoms with Crippen LogP contribution in [-0.4, -0.2) is 41.2 Å². The summed E-state index contributed by atoms with van der Waals surface area (Å²) in [4.78, 5) is 26.3. The van der Waals surface area contributed by atoms with Gasteiger partial charge in [0.2, 0.25) is 0 Å². The minimum Gasteiger partial charge on any atom is -0.370 e.